The van der Waals surface area contributed by atoms with E-state index in [-0.39, 0.29) is 0 Å². The average molecular weight is 805 g/mol. The van der Waals surface area contributed by atoms with E-state index in [1.807, 2.05) is 6.07 Å². The van der Waals surface area contributed by atoms with Crippen molar-refractivity contribution in [3.05, 3.63) is 243 Å². The molecule has 0 radical (unpaired) electrons. The van der Waals surface area contributed by atoms with Crippen molar-refractivity contribution in [1.29, 1.82) is 0 Å². The second-order valence-corrected chi connectivity index (χ2v) is 16.2. The number of aromatic nitrogens is 1. The average Bonchev–Trinajstić information content (AvgIpc) is 3.90. The zero-order valence-corrected chi connectivity index (χ0v) is 34.4. The molecule has 0 N–H and O–H groups in total. The van der Waals surface area contributed by atoms with Crippen LogP contribution in [0.1, 0.15) is 0 Å². The fraction of sp³-hybridized carbons (Fsp3) is 0. The molecule has 2 heterocycles. The van der Waals surface area contributed by atoms with E-state index in [1.165, 1.54) is 44.1 Å². The minimum Gasteiger partial charge on any atom is -0.456 e. The molecule has 12 aromatic rings. The number of hydrogen-bond acceptors (Lipinski definition) is 2. The molecule has 0 fully saturated rings. The summed E-state index contributed by atoms with van der Waals surface area (Å²) in [4.78, 5) is 2.35. The number of benzene rings is 10. The molecule has 0 bridgehead atoms. The summed E-state index contributed by atoms with van der Waals surface area (Å²) in [7, 11) is 0. The van der Waals surface area contributed by atoms with Gasteiger partial charge in [-0.05, 0) is 129 Å². The predicted molar refractivity (Wildman–Crippen MR) is 264 cm³/mol. The molecular weight excluding hydrogens is 765 g/mol. The molecule has 0 atom stereocenters. The van der Waals surface area contributed by atoms with Gasteiger partial charge in [0.25, 0.3) is 0 Å². The summed E-state index contributed by atoms with van der Waals surface area (Å²) in [6.07, 6.45) is 0. The fourth-order valence-electron chi connectivity index (χ4n) is 9.30. The number of hydrogen-bond donors (Lipinski definition) is 0. The molecule has 296 valence electrons. The predicted octanol–water partition coefficient (Wildman–Crippen LogP) is 16.8. The highest BCUT2D eigenvalue weighted by Gasteiger charge is 2.17. The molecule has 10 aromatic carbocycles. The van der Waals surface area contributed by atoms with Crippen molar-refractivity contribution >= 4 is 60.8 Å². The van der Waals surface area contributed by atoms with Crippen LogP contribution >= 0.6 is 0 Å². The third kappa shape index (κ3) is 6.55. The monoisotopic (exact) mass is 804 g/mol. The number of rotatable bonds is 8. The highest BCUT2D eigenvalue weighted by atomic mass is 16.3. The second-order valence-electron chi connectivity index (χ2n) is 16.2. The van der Waals surface area contributed by atoms with Crippen LogP contribution in [0.25, 0.3) is 93.9 Å². The summed E-state index contributed by atoms with van der Waals surface area (Å²) < 4.78 is 8.92. The molecule has 0 aliphatic carbocycles. The number of furan rings is 1. The lowest BCUT2D eigenvalue weighted by atomic mass is 10.0. The van der Waals surface area contributed by atoms with E-state index in [9.17, 15) is 0 Å². The van der Waals surface area contributed by atoms with Gasteiger partial charge in [-0.1, -0.05) is 158 Å². The lowest BCUT2D eigenvalue weighted by Crippen LogP contribution is -2.10. The summed E-state index contributed by atoms with van der Waals surface area (Å²) in [6, 6.07) is 87.0. The molecular formula is C60H40N2O. The third-order valence-electron chi connectivity index (χ3n) is 12.4. The van der Waals surface area contributed by atoms with Crippen LogP contribution in [-0.4, -0.2) is 4.57 Å². The Morgan fingerprint density at radius 3 is 1.27 bits per heavy atom. The van der Waals surface area contributed by atoms with Gasteiger partial charge in [0.1, 0.15) is 11.2 Å². The summed E-state index contributed by atoms with van der Waals surface area (Å²) in [6.45, 7) is 0. The van der Waals surface area contributed by atoms with Crippen LogP contribution in [-0.2, 0) is 0 Å². The largest absolute Gasteiger partial charge is 0.456 e. The maximum absolute atomic E-state index is 6.54. The molecule has 63 heavy (non-hydrogen) atoms. The van der Waals surface area contributed by atoms with Gasteiger partial charge in [0.05, 0.1) is 11.0 Å². The first-order valence-electron chi connectivity index (χ1n) is 21.5. The van der Waals surface area contributed by atoms with E-state index in [0.717, 1.165) is 66.9 Å². The van der Waals surface area contributed by atoms with Gasteiger partial charge in [0.15, 0.2) is 0 Å². The Bertz CT molecular complexity index is 3550. The maximum Gasteiger partial charge on any atom is 0.136 e. The van der Waals surface area contributed by atoms with Crippen LogP contribution in [0.4, 0.5) is 17.1 Å². The second kappa shape index (κ2) is 15.3. The van der Waals surface area contributed by atoms with Crippen LogP contribution < -0.4 is 4.90 Å². The van der Waals surface area contributed by atoms with Gasteiger partial charge < -0.3 is 13.9 Å². The van der Waals surface area contributed by atoms with Crippen molar-refractivity contribution in [2.24, 2.45) is 0 Å². The Balaban J connectivity index is 0.917. The summed E-state index contributed by atoms with van der Waals surface area (Å²) in [5.41, 5.74) is 17.8. The standard InChI is InChI=1S/C60H40N2O/c1-3-13-41(14-4-1)43-25-31-49(32-26-43)61(50-33-27-44(28-34-50)45-17-11-20-52(37-45)62-57-23-9-7-21-53(57)54-22-8-10-24-58(54)62)51-19-12-18-46(38-51)48-30-36-56-55-35-29-47(42-15-5-2-6-16-42)39-59(55)63-60(56)40-48/h1-40H. The molecule has 0 unspecified atom stereocenters. The minimum absolute atomic E-state index is 0.879. The normalized spacial score (nSPS) is 11.5. The van der Waals surface area contributed by atoms with Gasteiger partial charge in [0.2, 0.25) is 0 Å². The SMILES string of the molecule is c1ccc(-c2ccc(N(c3ccc(-c4cccc(-n5c6ccccc6c6ccccc65)c4)cc3)c3cccc(-c4ccc5c(c4)oc4cc(-c6ccccc6)ccc45)c3)cc2)cc1. The van der Waals surface area contributed by atoms with Crippen molar-refractivity contribution in [2.75, 3.05) is 4.90 Å². The van der Waals surface area contributed by atoms with Gasteiger partial charge in [-0.15, -0.1) is 0 Å². The van der Waals surface area contributed by atoms with E-state index < -0.39 is 0 Å². The first-order chi connectivity index (χ1) is 31.2. The van der Waals surface area contributed by atoms with Crippen molar-refractivity contribution < 1.29 is 4.42 Å². The smallest absolute Gasteiger partial charge is 0.136 e. The van der Waals surface area contributed by atoms with Crippen LogP contribution in [0.15, 0.2) is 247 Å². The first kappa shape index (κ1) is 36.5. The molecule has 0 saturated heterocycles. The number of para-hydroxylation sites is 2. The molecule has 2 aromatic heterocycles. The van der Waals surface area contributed by atoms with Crippen LogP contribution in [0, 0.1) is 0 Å². The number of fused-ring (bicyclic) bond motifs is 6. The summed E-state index contributed by atoms with van der Waals surface area (Å²) >= 11 is 0. The van der Waals surface area contributed by atoms with Crippen molar-refractivity contribution in [3.63, 3.8) is 0 Å². The Morgan fingerprint density at radius 1 is 0.270 bits per heavy atom. The van der Waals surface area contributed by atoms with Crippen molar-refractivity contribution in [2.45, 2.75) is 0 Å². The number of anilines is 3. The Morgan fingerprint density at radius 2 is 0.683 bits per heavy atom. The molecule has 0 aliphatic heterocycles. The molecule has 12 rings (SSSR count). The van der Waals surface area contributed by atoms with Crippen LogP contribution in [0.3, 0.4) is 0 Å². The van der Waals surface area contributed by atoms with E-state index in [1.54, 1.807) is 0 Å². The molecule has 0 spiro atoms. The van der Waals surface area contributed by atoms with Crippen LogP contribution in [0.2, 0.25) is 0 Å². The van der Waals surface area contributed by atoms with Gasteiger partial charge in [-0.2, -0.15) is 0 Å². The Kier molecular flexibility index (Phi) is 8.83. The summed E-state index contributed by atoms with van der Waals surface area (Å²) in [5, 5.41) is 4.76. The first-order valence-corrected chi connectivity index (χ1v) is 21.5. The minimum atomic E-state index is 0.879. The topological polar surface area (TPSA) is 21.3 Å². The molecule has 3 nitrogen and oxygen atoms in total. The Hall–Kier alpha value is -8.40. The van der Waals surface area contributed by atoms with E-state index in [4.69, 9.17) is 4.42 Å². The van der Waals surface area contributed by atoms with Gasteiger partial charge >= 0.3 is 0 Å². The lowest BCUT2D eigenvalue weighted by Gasteiger charge is -2.26. The lowest BCUT2D eigenvalue weighted by molar-refractivity contribution is 0.669. The number of nitrogens with zero attached hydrogens (tertiary/aromatic N) is 2. The highest BCUT2D eigenvalue weighted by molar-refractivity contribution is 6.09. The quantitative estimate of drug-likeness (QED) is 0.153. The molecule has 3 heteroatoms. The van der Waals surface area contributed by atoms with Gasteiger partial charge in [-0.3, -0.25) is 0 Å². The highest BCUT2D eigenvalue weighted by Crippen LogP contribution is 2.41. The summed E-state index contributed by atoms with van der Waals surface area (Å²) in [5.74, 6) is 0. The van der Waals surface area contributed by atoms with Gasteiger partial charge in [-0.25, -0.2) is 0 Å². The molecule has 0 aliphatic rings. The van der Waals surface area contributed by atoms with E-state index in [2.05, 4.69) is 246 Å². The Labute approximate surface area is 366 Å². The van der Waals surface area contributed by atoms with E-state index in [0.29, 0.717) is 0 Å². The zero-order chi connectivity index (χ0) is 41.7. The van der Waals surface area contributed by atoms with Crippen molar-refractivity contribution in [1.82, 2.24) is 4.57 Å². The molecule has 0 saturated carbocycles. The van der Waals surface area contributed by atoms with Crippen molar-refractivity contribution in [3.8, 4) is 50.2 Å². The van der Waals surface area contributed by atoms with E-state index >= 15 is 0 Å². The third-order valence-corrected chi connectivity index (χ3v) is 12.4. The van der Waals surface area contributed by atoms with Gasteiger partial charge in [0, 0.05) is 44.3 Å². The van der Waals surface area contributed by atoms with Crippen LogP contribution in [0.5, 0.6) is 0 Å². The zero-order valence-electron chi connectivity index (χ0n) is 34.4. The fourth-order valence-corrected chi connectivity index (χ4v) is 9.30. The molecule has 0 amide bonds. The maximum atomic E-state index is 6.54.